The molecule has 18 heavy (non-hydrogen) atoms. The van der Waals surface area contributed by atoms with Crippen molar-refractivity contribution in [2.75, 3.05) is 0 Å². The SMILES string of the molecule is Cc1cc(CNC(=O)C(C)(C)C(N)=NO)sc1C. The first-order valence-corrected chi connectivity index (χ1v) is 6.43. The Morgan fingerprint density at radius 3 is 2.61 bits per heavy atom. The highest BCUT2D eigenvalue weighted by molar-refractivity contribution is 7.12. The van der Waals surface area contributed by atoms with Gasteiger partial charge in [-0.1, -0.05) is 5.16 Å². The summed E-state index contributed by atoms with van der Waals surface area (Å²) in [4.78, 5) is 14.3. The first-order valence-electron chi connectivity index (χ1n) is 5.61. The van der Waals surface area contributed by atoms with Gasteiger partial charge in [0.15, 0.2) is 5.84 Å². The first-order chi connectivity index (χ1) is 8.28. The molecule has 0 saturated carbocycles. The molecule has 0 fully saturated rings. The second-order valence-electron chi connectivity index (χ2n) is 4.74. The van der Waals surface area contributed by atoms with Crippen LogP contribution in [0.25, 0.3) is 0 Å². The third-order valence-corrected chi connectivity index (χ3v) is 4.11. The van der Waals surface area contributed by atoms with E-state index in [0.29, 0.717) is 6.54 Å². The molecule has 4 N–H and O–H groups in total. The summed E-state index contributed by atoms with van der Waals surface area (Å²) in [6.07, 6.45) is 0. The van der Waals surface area contributed by atoms with Gasteiger partial charge in [0.1, 0.15) is 5.41 Å². The minimum absolute atomic E-state index is 0.0986. The molecule has 0 unspecified atom stereocenters. The Morgan fingerprint density at radius 2 is 2.17 bits per heavy atom. The molecule has 0 saturated heterocycles. The molecule has 1 aromatic heterocycles. The molecule has 0 aliphatic heterocycles. The monoisotopic (exact) mass is 269 g/mol. The van der Waals surface area contributed by atoms with Crippen LogP contribution >= 0.6 is 11.3 Å². The summed E-state index contributed by atoms with van der Waals surface area (Å²) in [6, 6.07) is 2.05. The first kappa shape index (κ1) is 14.5. The summed E-state index contributed by atoms with van der Waals surface area (Å²) in [5.74, 6) is -0.361. The van der Waals surface area contributed by atoms with Gasteiger partial charge in [-0.2, -0.15) is 0 Å². The minimum Gasteiger partial charge on any atom is -0.409 e. The van der Waals surface area contributed by atoms with Gasteiger partial charge in [-0.25, -0.2) is 0 Å². The lowest BCUT2D eigenvalue weighted by Gasteiger charge is -2.21. The topological polar surface area (TPSA) is 87.7 Å². The zero-order valence-electron chi connectivity index (χ0n) is 11.1. The van der Waals surface area contributed by atoms with Gasteiger partial charge in [-0.15, -0.1) is 11.3 Å². The van der Waals surface area contributed by atoms with Gasteiger partial charge < -0.3 is 16.3 Å². The molecule has 1 aromatic rings. The molecule has 6 heteroatoms. The Labute approximate surface area is 111 Å². The van der Waals surface area contributed by atoms with Crippen molar-refractivity contribution in [3.8, 4) is 0 Å². The zero-order valence-corrected chi connectivity index (χ0v) is 11.9. The van der Waals surface area contributed by atoms with Gasteiger partial charge in [0, 0.05) is 9.75 Å². The molecule has 0 radical (unpaired) electrons. The Hall–Kier alpha value is -1.56. The van der Waals surface area contributed by atoms with E-state index >= 15 is 0 Å². The number of carbonyl (C=O) groups excluding carboxylic acids is 1. The summed E-state index contributed by atoms with van der Waals surface area (Å²) >= 11 is 1.66. The van der Waals surface area contributed by atoms with Gasteiger partial charge in [-0.05, 0) is 39.3 Å². The van der Waals surface area contributed by atoms with Crippen molar-refractivity contribution >= 4 is 23.1 Å². The summed E-state index contributed by atoms with van der Waals surface area (Å²) in [7, 11) is 0. The van der Waals surface area contributed by atoms with Crippen LogP contribution in [0, 0.1) is 19.3 Å². The van der Waals surface area contributed by atoms with Crippen molar-refractivity contribution in [3.63, 3.8) is 0 Å². The van der Waals surface area contributed by atoms with Crippen LogP contribution < -0.4 is 11.1 Å². The Balaban J connectivity index is 2.67. The van der Waals surface area contributed by atoms with Gasteiger partial charge in [0.2, 0.25) is 5.91 Å². The van der Waals surface area contributed by atoms with E-state index < -0.39 is 5.41 Å². The number of amidine groups is 1. The number of thiophene rings is 1. The fourth-order valence-electron chi connectivity index (χ4n) is 1.37. The predicted molar refractivity (Wildman–Crippen MR) is 72.8 cm³/mol. The number of nitrogens with two attached hydrogens (primary N) is 1. The largest absolute Gasteiger partial charge is 0.409 e. The Morgan fingerprint density at radius 1 is 1.56 bits per heavy atom. The molecule has 1 rings (SSSR count). The summed E-state index contributed by atoms with van der Waals surface area (Å²) in [6.45, 7) is 7.77. The molecule has 5 nitrogen and oxygen atoms in total. The minimum atomic E-state index is -1.02. The summed E-state index contributed by atoms with van der Waals surface area (Å²) in [5, 5.41) is 14.3. The lowest BCUT2D eigenvalue weighted by Crippen LogP contribution is -2.45. The maximum absolute atomic E-state index is 12.0. The third-order valence-electron chi connectivity index (χ3n) is 2.96. The normalized spacial score (nSPS) is 12.6. The molecule has 0 aliphatic carbocycles. The fourth-order valence-corrected chi connectivity index (χ4v) is 2.36. The predicted octanol–water partition coefficient (Wildman–Crippen LogP) is 1.75. The van der Waals surface area contributed by atoms with E-state index in [1.54, 1.807) is 25.2 Å². The third kappa shape index (κ3) is 3.01. The van der Waals surface area contributed by atoms with Gasteiger partial charge in [-0.3, -0.25) is 4.79 Å². The number of carbonyl (C=O) groups is 1. The Kier molecular flexibility index (Phi) is 4.34. The fraction of sp³-hybridized carbons (Fsp3) is 0.500. The smallest absolute Gasteiger partial charge is 0.233 e. The van der Waals surface area contributed by atoms with Crippen molar-refractivity contribution in [1.82, 2.24) is 5.32 Å². The quantitative estimate of drug-likeness (QED) is 0.337. The highest BCUT2D eigenvalue weighted by atomic mass is 32.1. The van der Waals surface area contributed by atoms with Crippen LogP contribution in [0.1, 0.15) is 29.2 Å². The average Bonchev–Trinajstić information content (AvgIpc) is 2.64. The van der Waals surface area contributed by atoms with Gasteiger partial charge >= 0.3 is 0 Å². The van der Waals surface area contributed by atoms with Crippen molar-refractivity contribution in [3.05, 3.63) is 21.4 Å². The molecule has 1 amide bonds. The van der Waals surface area contributed by atoms with Crippen molar-refractivity contribution in [1.29, 1.82) is 0 Å². The van der Waals surface area contributed by atoms with E-state index in [4.69, 9.17) is 10.9 Å². The number of amides is 1. The van der Waals surface area contributed by atoms with Crippen LogP contribution in [0.15, 0.2) is 11.2 Å². The van der Waals surface area contributed by atoms with Gasteiger partial charge in [0.25, 0.3) is 0 Å². The van der Waals surface area contributed by atoms with Crippen LogP contribution in [0.3, 0.4) is 0 Å². The van der Waals surface area contributed by atoms with Gasteiger partial charge in [0.05, 0.1) is 6.54 Å². The molecular weight excluding hydrogens is 250 g/mol. The second kappa shape index (κ2) is 5.39. The number of nitrogens with one attached hydrogen (secondary N) is 1. The zero-order chi connectivity index (χ0) is 13.9. The number of oxime groups is 1. The number of nitrogens with zero attached hydrogens (tertiary/aromatic N) is 1. The van der Waals surface area contributed by atoms with Crippen LogP contribution in [0.4, 0.5) is 0 Å². The standard InChI is InChI=1S/C12H19N3O2S/c1-7-5-9(18-8(7)2)6-14-11(16)12(3,4)10(13)15-17/h5,17H,6H2,1-4H3,(H2,13,15)(H,14,16). The maximum Gasteiger partial charge on any atom is 0.233 e. The van der Waals surface area contributed by atoms with E-state index in [2.05, 4.69) is 16.5 Å². The molecule has 0 aliphatic rings. The van der Waals surface area contributed by atoms with Crippen molar-refractivity contribution in [2.45, 2.75) is 34.2 Å². The molecule has 0 bridgehead atoms. The van der Waals surface area contributed by atoms with E-state index in [9.17, 15) is 4.79 Å². The summed E-state index contributed by atoms with van der Waals surface area (Å²) in [5.41, 5.74) is 5.70. The van der Waals surface area contributed by atoms with Crippen molar-refractivity contribution in [2.24, 2.45) is 16.3 Å². The van der Waals surface area contributed by atoms with E-state index in [1.807, 2.05) is 13.8 Å². The lowest BCUT2D eigenvalue weighted by atomic mass is 9.91. The molecule has 100 valence electrons. The van der Waals surface area contributed by atoms with E-state index in [-0.39, 0.29) is 11.7 Å². The highest BCUT2D eigenvalue weighted by Gasteiger charge is 2.32. The van der Waals surface area contributed by atoms with Crippen molar-refractivity contribution < 1.29 is 10.0 Å². The molecular formula is C12H19N3O2S. The van der Waals surface area contributed by atoms with E-state index in [1.165, 1.54) is 10.4 Å². The second-order valence-corrected chi connectivity index (χ2v) is 6.09. The average molecular weight is 269 g/mol. The molecule has 0 aromatic carbocycles. The highest BCUT2D eigenvalue weighted by Crippen LogP contribution is 2.21. The lowest BCUT2D eigenvalue weighted by molar-refractivity contribution is -0.126. The molecule has 1 heterocycles. The molecule has 0 spiro atoms. The summed E-state index contributed by atoms with van der Waals surface area (Å²) < 4.78 is 0. The Bertz CT molecular complexity index is 458. The van der Waals surface area contributed by atoms with Crippen LogP contribution in [-0.2, 0) is 11.3 Å². The number of rotatable bonds is 4. The number of aryl methyl sites for hydroxylation is 2. The number of hydrogen-bond acceptors (Lipinski definition) is 4. The van der Waals surface area contributed by atoms with Crippen LogP contribution in [0.2, 0.25) is 0 Å². The number of hydrogen-bond donors (Lipinski definition) is 3. The molecule has 0 atom stereocenters. The van der Waals surface area contributed by atoms with Crippen LogP contribution in [0.5, 0.6) is 0 Å². The maximum atomic E-state index is 12.0. The van der Waals surface area contributed by atoms with E-state index in [0.717, 1.165) is 4.88 Å². The van der Waals surface area contributed by atoms with Crippen LogP contribution in [-0.4, -0.2) is 17.0 Å².